The Labute approximate surface area is 295 Å². The van der Waals surface area contributed by atoms with Gasteiger partial charge in [0, 0.05) is 0 Å². The Balaban J connectivity index is 1.36. The summed E-state index contributed by atoms with van der Waals surface area (Å²) in [6, 6.07) is 36.2. The Bertz CT molecular complexity index is 2860. The van der Waals surface area contributed by atoms with E-state index in [0.29, 0.717) is 50.9 Å². The molecule has 8 bridgehead atoms. The fourth-order valence-corrected chi connectivity index (χ4v) is 11.5. The van der Waals surface area contributed by atoms with Crippen molar-refractivity contribution in [3.8, 4) is 45.6 Å². The van der Waals surface area contributed by atoms with Crippen molar-refractivity contribution >= 4 is 75.7 Å². The van der Waals surface area contributed by atoms with E-state index in [0.717, 1.165) is 53.0 Å². The van der Waals surface area contributed by atoms with Crippen molar-refractivity contribution in [2.24, 2.45) is 0 Å². The van der Waals surface area contributed by atoms with Crippen molar-refractivity contribution in [1.29, 1.82) is 0 Å². The average Bonchev–Trinajstić information content (AvgIpc) is 3.86. The van der Waals surface area contributed by atoms with Crippen molar-refractivity contribution in [2.75, 3.05) is 0 Å². The summed E-state index contributed by atoms with van der Waals surface area (Å²) in [4.78, 5) is 37.6. The second kappa shape index (κ2) is 11.1. The number of nitrogens with one attached hydrogen (secondary N) is 2. The van der Waals surface area contributed by atoms with Gasteiger partial charge in [0.2, 0.25) is 0 Å². The van der Waals surface area contributed by atoms with E-state index in [9.17, 15) is 0 Å². The molecule has 5 heterocycles. The first-order valence-corrected chi connectivity index (χ1v) is 19.5. The van der Waals surface area contributed by atoms with Gasteiger partial charge in [-0.3, -0.25) is 0 Å². The van der Waals surface area contributed by atoms with Crippen LogP contribution in [0.4, 0.5) is 0 Å². The molecule has 0 unspecified atom stereocenters. The third-order valence-corrected chi connectivity index (χ3v) is 14.2. The minimum absolute atomic E-state index is 0.569. The molecule has 0 saturated carbocycles. The monoisotopic (exact) mass is 722 g/mol. The van der Waals surface area contributed by atoms with Gasteiger partial charge < -0.3 is 0 Å². The molecule has 8 nitrogen and oxygen atoms in total. The third kappa shape index (κ3) is 4.69. The number of nitrogens with zero attached hydrogens (tertiary/aromatic N) is 6. The standard InChI is InChI=1S/C32H17N8.C6H3Cl2.Zn/c1-2-10-18-17(9-1)25-33-26(18)38-28-21-13-5-6-14-22(21)30(35-28)40-32-24-16-8-7-15-23(24)31(36-32)39-29-20-12-4-3-11-19(20)27(34-29)37-25;7-5-1-2-6(8)4-3-5;/h1-15H,(H2,33,34,35,36,37,38,39,40);1-3H;. The molecular formula is C38H20Cl2N8Zn. The summed E-state index contributed by atoms with van der Waals surface area (Å²) >= 11 is 11.5. The molecule has 0 spiro atoms. The van der Waals surface area contributed by atoms with E-state index in [1.54, 1.807) is 0 Å². The van der Waals surface area contributed by atoms with Crippen LogP contribution in [0.1, 0.15) is 0 Å². The summed E-state index contributed by atoms with van der Waals surface area (Å²) < 4.78 is 2.30. The van der Waals surface area contributed by atoms with Gasteiger partial charge >= 0.3 is 291 Å². The number of hydrogen-bond donors (Lipinski definition) is 2. The summed E-state index contributed by atoms with van der Waals surface area (Å²) in [6.45, 7) is 0. The Kier molecular flexibility index (Phi) is 6.49. The van der Waals surface area contributed by atoms with Crippen LogP contribution < -0.4 is 8.32 Å². The molecule has 2 aliphatic heterocycles. The first kappa shape index (κ1) is 28.7. The number of aromatic amines is 2. The molecule has 8 aromatic rings. The topological polar surface area (TPSA) is 109 Å². The normalized spacial score (nSPS) is 11.8. The van der Waals surface area contributed by atoms with Crippen molar-refractivity contribution < 1.29 is 17.1 Å². The Hall–Kier alpha value is -5.34. The zero-order chi connectivity index (χ0) is 32.6. The van der Waals surface area contributed by atoms with E-state index < -0.39 is 17.1 Å². The fourth-order valence-electron chi connectivity index (χ4n) is 6.79. The third-order valence-electron chi connectivity index (χ3n) is 9.05. The quantitative estimate of drug-likeness (QED) is 0.174. The van der Waals surface area contributed by atoms with E-state index in [1.807, 2.05) is 91.0 Å². The van der Waals surface area contributed by atoms with Crippen LogP contribution >= 0.6 is 23.2 Å². The minimum atomic E-state index is -1.67. The van der Waals surface area contributed by atoms with E-state index >= 15 is 0 Å². The summed E-state index contributed by atoms with van der Waals surface area (Å²) in [5, 5.41) is 5.21. The van der Waals surface area contributed by atoms with Gasteiger partial charge in [-0.05, 0) is 0 Å². The first-order valence-electron chi connectivity index (χ1n) is 15.7. The zero-order valence-electron chi connectivity index (χ0n) is 25.5. The molecule has 0 amide bonds. The van der Waals surface area contributed by atoms with Gasteiger partial charge in [0.25, 0.3) is 0 Å². The number of H-pyrrole nitrogens is 2. The maximum atomic E-state index is 6.70. The SMILES string of the molecule is Clc1ccc(Cl)[c]([Zn][c]2cccc3c4nc5nc(nc6[nH]c(nc7nc(nc([nH]4)c23)-c2ccccc2-7)c2ccccc62)-c2ccccc2-5)c1. The molecule has 10 rings (SSSR count). The zero-order valence-corrected chi connectivity index (χ0v) is 30.0. The van der Waals surface area contributed by atoms with Gasteiger partial charge in [0.05, 0.1) is 0 Å². The molecular weight excluding hydrogens is 705 g/mol. The molecule has 3 aromatic heterocycles. The molecule has 2 aliphatic rings. The Morgan fingerprint density at radius 2 is 0.898 bits per heavy atom. The van der Waals surface area contributed by atoms with Crippen LogP contribution in [0.15, 0.2) is 109 Å². The van der Waals surface area contributed by atoms with Gasteiger partial charge in [-0.25, -0.2) is 0 Å². The summed E-state index contributed by atoms with van der Waals surface area (Å²) in [6.07, 6.45) is 0. The van der Waals surface area contributed by atoms with E-state index in [4.69, 9.17) is 53.1 Å². The molecule has 49 heavy (non-hydrogen) atoms. The van der Waals surface area contributed by atoms with Gasteiger partial charge in [-0.15, -0.1) is 0 Å². The summed E-state index contributed by atoms with van der Waals surface area (Å²) in [5.41, 5.74) is 6.27. The van der Waals surface area contributed by atoms with Gasteiger partial charge in [0.1, 0.15) is 0 Å². The number of benzene rings is 5. The molecule has 228 valence electrons. The Morgan fingerprint density at radius 3 is 1.47 bits per heavy atom. The first-order chi connectivity index (χ1) is 24.1. The predicted octanol–water partition coefficient (Wildman–Crippen LogP) is 8.21. The molecule has 0 aliphatic carbocycles. The Morgan fingerprint density at radius 1 is 0.429 bits per heavy atom. The molecule has 2 N–H and O–H groups in total. The van der Waals surface area contributed by atoms with Crippen molar-refractivity contribution in [2.45, 2.75) is 0 Å². The molecule has 0 fully saturated rings. The van der Waals surface area contributed by atoms with Crippen LogP contribution in [0.5, 0.6) is 0 Å². The van der Waals surface area contributed by atoms with Gasteiger partial charge in [-0.2, -0.15) is 0 Å². The second-order valence-corrected chi connectivity index (χ2v) is 16.8. The van der Waals surface area contributed by atoms with Crippen LogP contribution in [0.25, 0.3) is 89.7 Å². The van der Waals surface area contributed by atoms with Crippen molar-refractivity contribution in [3.63, 3.8) is 0 Å². The summed E-state index contributed by atoms with van der Waals surface area (Å²) in [5.74, 6) is 2.29. The number of hydrogen-bond acceptors (Lipinski definition) is 6. The summed E-state index contributed by atoms with van der Waals surface area (Å²) in [7, 11) is 0. The molecule has 0 radical (unpaired) electrons. The predicted molar refractivity (Wildman–Crippen MR) is 192 cm³/mol. The van der Waals surface area contributed by atoms with Crippen molar-refractivity contribution in [1.82, 2.24) is 39.9 Å². The van der Waals surface area contributed by atoms with Gasteiger partial charge in [-0.1, -0.05) is 6.07 Å². The molecule has 11 heteroatoms. The van der Waals surface area contributed by atoms with E-state index in [2.05, 4.69) is 28.2 Å². The molecule has 0 atom stereocenters. The van der Waals surface area contributed by atoms with Crippen LogP contribution in [-0.2, 0) is 17.1 Å². The van der Waals surface area contributed by atoms with Gasteiger partial charge in [0.15, 0.2) is 0 Å². The van der Waals surface area contributed by atoms with E-state index in [1.165, 1.54) is 4.16 Å². The molecule has 0 saturated heterocycles. The number of halogens is 2. The van der Waals surface area contributed by atoms with Crippen LogP contribution in [0.2, 0.25) is 10.0 Å². The second-order valence-electron chi connectivity index (χ2n) is 12.0. The molecule has 5 aromatic carbocycles. The number of rotatable bonds is 2. The van der Waals surface area contributed by atoms with E-state index in [-0.39, 0.29) is 0 Å². The number of fused-ring (bicyclic) bond motifs is 20. The van der Waals surface area contributed by atoms with Crippen LogP contribution in [0.3, 0.4) is 0 Å². The van der Waals surface area contributed by atoms with Crippen LogP contribution in [0, 0.1) is 0 Å². The maximum absolute atomic E-state index is 6.70. The fraction of sp³-hybridized carbons (Fsp3) is 0. The number of aromatic nitrogens is 8. The van der Waals surface area contributed by atoms with Crippen molar-refractivity contribution in [3.05, 3.63) is 119 Å². The van der Waals surface area contributed by atoms with Crippen LogP contribution in [-0.4, -0.2) is 39.9 Å². The average molecular weight is 725 g/mol.